The normalized spacial score (nSPS) is 19.4. The van der Waals surface area contributed by atoms with Crippen molar-refractivity contribution in [1.82, 2.24) is 15.1 Å². The van der Waals surface area contributed by atoms with E-state index in [1.807, 2.05) is 30.3 Å². The lowest BCUT2D eigenvalue weighted by Crippen LogP contribution is -2.36. The van der Waals surface area contributed by atoms with E-state index in [0.717, 1.165) is 5.69 Å². The van der Waals surface area contributed by atoms with Crippen molar-refractivity contribution in [1.29, 1.82) is 0 Å². The quantitative estimate of drug-likeness (QED) is 0.892. The van der Waals surface area contributed by atoms with Crippen LogP contribution in [0.4, 0.5) is 0 Å². The fraction of sp³-hybridized carbons (Fsp3) is 0.333. The van der Waals surface area contributed by atoms with Gasteiger partial charge in [-0.25, -0.2) is 13.1 Å². The van der Waals surface area contributed by atoms with Gasteiger partial charge in [0.15, 0.2) is 21.3 Å². The third-order valence-electron chi connectivity index (χ3n) is 3.70. The summed E-state index contributed by atoms with van der Waals surface area (Å²) >= 11 is 0. The van der Waals surface area contributed by atoms with E-state index >= 15 is 0 Å². The van der Waals surface area contributed by atoms with Crippen LogP contribution in [0.5, 0.6) is 5.75 Å². The number of benzene rings is 1. The van der Waals surface area contributed by atoms with Gasteiger partial charge in [-0.05, 0) is 18.6 Å². The van der Waals surface area contributed by atoms with Gasteiger partial charge in [-0.15, -0.1) is 0 Å². The van der Waals surface area contributed by atoms with E-state index in [1.165, 1.54) is 7.11 Å². The molecule has 0 spiro atoms. The number of para-hydroxylation sites is 1. The molecule has 8 heteroatoms. The fourth-order valence-corrected chi connectivity index (χ4v) is 4.21. The van der Waals surface area contributed by atoms with Crippen molar-refractivity contribution in [3.63, 3.8) is 0 Å². The van der Waals surface area contributed by atoms with Gasteiger partial charge in [0, 0.05) is 6.04 Å². The minimum Gasteiger partial charge on any atom is -0.493 e. The van der Waals surface area contributed by atoms with Crippen LogP contribution in [0.15, 0.2) is 36.5 Å². The lowest BCUT2D eigenvalue weighted by Gasteiger charge is -2.09. The first-order chi connectivity index (χ1) is 11.0. The molecular formula is C15H17N3O4S. The predicted molar refractivity (Wildman–Crippen MR) is 84.6 cm³/mol. The lowest BCUT2D eigenvalue weighted by atomic mass is 10.2. The van der Waals surface area contributed by atoms with Crippen LogP contribution in [0.2, 0.25) is 0 Å². The number of nitrogens with one attached hydrogen (secondary N) is 1. The summed E-state index contributed by atoms with van der Waals surface area (Å²) in [5.74, 6) is -0.0144. The Morgan fingerprint density at radius 1 is 1.35 bits per heavy atom. The Labute approximate surface area is 134 Å². The SMILES string of the molecule is COc1cn(-c2ccccc2)nc1C(=O)NC1CCS(=O)(=O)C1. The molecule has 1 N–H and O–H groups in total. The molecule has 1 aromatic carbocycles. The first-order valence-corrected chi connectivity index (χ1v) is 9.01. The maximum atomic E-state index is 12.4. The van der Waals surface area contributed by atoms with E-state index in [1.54, 1.807) is 10.9 Å². The highest BCUT2D eigenvalue weighted by atomic mass is 32.2. The molecule has 1 unspecified atom stereocenters. The number of carbonyl (C=O) groups excluding carboxylic acids is 1. The molecule has 122 valence electrons. The van der Waals surface area contributed by atoms with Crippen LogP contribution in [-0.2, 0) is 9.84 Å². The van der Waals surface area contributed by atoms with E-state index in [4.69, 9.17) is 4.74 Å². The van der Waals surface area contributed by atoms with E-state index in [2.05, 4.69) is 10.4 Å². The zero-order chi connectivity index (χ0) is 16.4. The van der Waals surface area contributed by atoms with E-state index in [9.17, 15) is 13.2 Å². The number of aromatic nitrogens is 2. The zero-order valence-electron chi connectivity index (χ0n) is 12.6. The number of hydrogen-bond acceptors (Lipinski definition) is 5. The Morgan fingerprint density at radius 3 is 2.70 bits per heavy atom. The average molecular weight is 335 g/mol. The molecule has 23 heavy (non-hydrogen) atoms. The molecule has 3 rings (SSSR count). The van der Waals surface area contributed by atoms with Gasteiger partial charge in [-0.1, -0.05) is 18.2 Å². The molecule has 1 aromatic heterocycles. The summed E-state index contributed by atoms with van der Waals surface area (Å²) in [4.78, 5) is 12.4. The Bertz CT molecular complexity index is 815. The number of sulfone groups is 1. The van der Waals surface area contributed by atoms with Crippen LogP contribution in [0.3, 0.4) is 0 Å². The van der Waals surface area contributed by atoms with Gasteiger partial charge in [-0.2, -0.15) is 5.10 Å². The minimum absolute atomic E-state index is 0.0273. The van der Waals surface area contributed by atoms with Gasteiger partial charge < -0.3 is 10.1 Å². The summed E-state index contributed by atoms with van der Waals surface area (Å²) in [7, 11) is -1.59. The Balaban J connectivity index is 1.82. The van der Waals surface area contributed by atoms with Crippen molar-refractivity contribution in [2.45, 2.75) is 12.5 Å². The van der Waals surface area contributed by atoms with Gasteiger partial charge >= 0.3 is 0 Å². The van der Waals surface area contributed by atoms with Crippen molar-refractivity contribution in [2.24, 2.45) is 0 Å². The summed E-state index contributed by atoms with van der Waals surface area (Å²) < 4.78 is 29.7. The van der Waals surface area contributed by atoms with Crippen molar-refractivity contribution in [2.75, 3.05) is 18.6 Å². The molecule has 0 bridgehead atoms. The lowest BCUT2D eigenvalue weighted by molar-refractivity contribution is 0.0932. The van der Waals surface area contributed by atoms with Crippen LogP contribution >= 0.6 is 0 Å². The summed E-state index contributed by atoms with van der Waals surface area (Å²) in [5, 5.41) is 6.98. The van der Waals surface area contributed by atoms with Crippen LogP contribution in [0.1, 0.15) is 16.9 Å². The first-order valence-electron chi connectivity index (χ1n) is 7.19. The minimum atomic E-state index is -3.05. The fourth-order valence-electron chi connectivity index (χ4n) is 2.54. The number of amides is 1. The van der Waals surface area contributed by atoms with Gasteiger partial charge in [0.2, 0.25) is 0 Å². The first kappa shape index (κ1) is 15.5. The maximum Gasteiger partial charge on any atom is 0.275 e. The topological polar surface area (TPSA) is 90.3 Å². The standard InChI is InChI=1S/C15H17N3O4S/c1-22-13-9-18(12-5-3-2-4-6-12)17-14(13)15(19)16-11-7-8-23(20,21)10-11/h2-6,9,11H,7-8,10H2,1H3,(H,16,19). The summed E-state index contributed by atoms with van der Waals surface area (Å²) in [6, 6.07) is 8.96. The Kier molecular flexibility index (Phi) is 4.08. The predicted octanol–water partition coefficient (Wildman–Crippen LogP) is 0.798. The molecule has 1 aliphatic heterocycles. The Hall–Kier alpha value is -2.35. The average Bonchev–Trinajstić information content (AvgIpc) is 3.11. The van der Waals surface area contributed by atoms with Gasteiger partial charge in [-0.3, -0.25) is 4.79 Å². The molecule has 1 fully saturated rings. The van der Waals surface area contributed by atoms with E-state index in [-0.39, 0.29) is 23.2 Å². The van der Waals surface area contributed by atoms with Crippen LogP contribution in [-0.4, -0.2) is 48.8 Å². The molecule has 0 aliphatic carbocycles. The second-order valence-corrected chi connectivity index (χ2v) is 7.63. The molecule has 2 aromatic rings. The van der Waals surface area contributed by atoms with E-state index < -0.39 is 15.7 Å². The highest BCUT2D eigenvalue weighted by Gasteiger charge is 2.30. The number of methoxy groups -OCH3 is 1. The van der Waals surface area contributed by atoms with Gasteiger partial charge in [0.05, 0.1) is 30.5 Å². The molecule has 1 atom stereocenters. The Morgan fingerprint density at radius 2 is 2.09 bits per heavy atom. The van der Waals surface area contributed by atoms with Crippen molar-refractivity contribution in [3.8, 4) is 11.4 Å². The van der Waals surface area contributed by atoms with Crippen molar-refractivity contribution in [3.05, 3.63) is 42.2 Å². The molecule has 0 radical (unpaired) electrons. The highest BCUT2D eigenvalue weighted by Crippen LogP contribution is 2.20. The third kappa shape index (κ3) is 3.37. The number of nitrogens with zero attached hydrogens (tertiary/aromatic N) is 2. The second kappa shape index (κ2) is 6.04. The molecule has 1 aliphatic rings. The molecular weight excluding hydrogens is 318 g/mol. The summed E-state index contributed by atoms with van der Waals surface area (Å²) in [6.45, 7) is 0. The summed E-state index contributed by atoms with van der Waals surface area (Å²) in [5.41, 5.74) is 0.939. The third-order valence-corrected chi connectivity index (χ3v) is 5.47. The van der Waals surface area contributed by atoms with Gasteiger partial charge in [0.1, 0.15) is 0 Å². The zero-order valence-corrected chi connectivity index (χ0v) is 13.4. The molecule has 1 saturated heterocycles. The highest BCUT2D eigenvalue weighted by molar-refractivity contribution is 7.91. The number of ether oxygens (including phenoxy) is 1. The van der Waals surface area contributed by atoms with Crippen molar-refractivity contribution < 1.29 is 17.9 Å². The maximum absolute atomic E-state index is 12.4. The van der Waals surface area contributed by atoms with Crippen LogP contribution in [0, 0.1) is 0 Å². The summed E-state index contributed by atoms with van der Waals surface area (Å²) in [6.07, 6.45) is 2.05. The monoisotopic (exact) mass is 335 g/mol. The van der Waals surface area contributed by atoms with Gasteiger partial charge in [0.25, 0.3) is 5.91 Å². The van der Waals surface area contributed by atoms with E-state index in [0.29, 0.717) is 12.2 Å². The van der Waals surface area contributed by atoms with Crippen LogP contribution < -0.4 is 10.1 Å². The smallest absolute Gasteiger partial charge is 0.275 e. The largest absolute Gasteiger partial charge is 0.493 e. The molecule has 7 nitrogen and oxygen atoms in total. The number of rotatable bonds is 4. The number of carbonyl (C=O) groups is 1. The van der Waals surface area contributed by atoms with Crippen molar-refractivity contribution >= 4 is 15.7 Å². The second-order valence-electron chi connectivity index (χ2n) is 5.40. The molecule has 2 heterocycles. The molecule has 0 saturated carbocycles. The number of hydrogen-bond donors (Lipinski definition) is 1. The van der Waals surface area contributed by atoms with Crippen LogP contribution in [0.25, 0.3) is 5.69 Å². The molecule has 1 amide bonds.